The van der Waals surface area contributed by atoms with Crippen molar-refractivity contribution in [2.45, 2.75) is 37.5 Å². The summed E-state index contributed by atoms with van der Waals surface area (Å²) in [5, 5.41) is 10.1. The van der Waals surface area contributed by atoms with E-state index in [4.69, 9.17) is 4.74 Å². The van der Waals surface area contributed by atoms with Gasteiger partial charge in [0, 0.05) is 18.0 Å². The highest BCUT2D eigenvalue weighted by molar-refractivity contribution is 5.80. The van der Waals surface area contributed by atoms with Crippen LogP contribution in [0.2, 0.25) is 0 Å². The van der Waals surface area contributed by atoms with Gasteiger partial charge in [-0.15, -0.1) is 13.2 Å². The molecule has 4 rings (SSSR count). The second-order valence-electron chi connectivity index (χ2n) is 8.90. The van der Waals surface area contributed by atoms with Crippen LogP contribution in [-0.4, -0.2) is 56.0 Å². The van der Waals surface area contributed by atoms with Crippen LogP contribution < -0.4 is 14.4 Å². The van der Waals surface area contributed by atoms with E-state index in [1.54, 1.807) is 23.1 Å². The van der Waals surface area contributed by atoms with Crippen LogP contribution in [0, 0.1) is 5.92 Å². The molecule has 1 heterocycles. The van der Waals surface area contributed by atoms with E-state index in [2.05, 4.69) is 9.47 Å². The summed E-state index contributed by atoms with van der Waals surface area (Å²) < 4.78 is 118. The van der Waals surface area contributed by atoms with Crippen LogP contribution >= 0.6 is 0 Å². The fourth-order valence-corrected chi connectivity index (χ4v) is 4.51. The molecule has 3 atom stereocenters. The standard InChI is InChI=1S/C26H23F8NO4/c27-12-17(36)13-35-21-9-3-8-20(15-4-1-7-19(10-15)39-26(32,33)34)23(21)37-14-22(35)16-5-2-6-18(11-16)38-25(30,31)24(28)29/h1-4,6-11,16-17,22,24,36H,5,12-14H2/t16?,17-,22-/m1/s1. The van der Waals surface area contributed by atoms with Gasteiger partial charge < -0.3 is 24.2 Å². The third kappa shape index (κ3) is 6.75. The minimum Gasteiger partial charge on any atom is -0.489 e. The fraction of sp³-hybridized carbons (Fsp3) is 0.385. The first-order valence-electron chi connectivity index (χ1n) is 11.7. The SMILES string of the molecule is O[C@H](CF)CN1c2cccc(-c3cccc(OC(F)(F)F)c3)c2OC[C@@H]1C1C=C(OC(F)(F)C(F)F)C=CC1. The minimum atomic E-state index is -4.90. The number of fused-ring (bicyclic) bond motifs is 1. The Kier molecular flexibility index (Phi) is 8.28. The monoisotopic (exact) mass is 565 g/mol. The first kappa shape index (κ1) is 28.5. The molecule has 0 fully saturated rings. The van der Waals surface area contributed by atoms with Crippen LogP contribution in [-0.2, 0) is 4.74 Å². The van der Waals surface area contributed by atoms with E-state index >= 15 is 0 Å². The number of nitrogens with zero attached hydrogens (tertiary/aromatic N) is 1. The van der Waals surface area contributed by atoms with Crippen molar-refractivity contribution >= 4 is 5.69 Å². The van der Waals surface area contributed by atoms with E-state index in [0.29, 0.717) is 16.8 Å². The summed E-state index contributed by atoms with van der Waals surface area (Å²) in [4.78, 5) is 1.60. The molecule has 1 aliphatic carbocycles. The fourth-order valence-electron chi connectivity index (χ4n) is 4.51. The van der Waals surface area contributed by atoms with E-state index in [0.717, 1.165) is 12.1 Å². The summed E-state index contributed by atoms with van der Waals surface area (Å²) in [5.74, 6) is -1.32. The van der Waals surface area contributed by atoms with E-state index in [1.165, 1.54) is 30.4 Å². The first-order chi connectivity index (χ1) is 18.4. The second kappa shape index (κ2) is 11.3. The normalized spacial score (nSPS) is 20.3. The maximum absolute atomic E-state index is 13.5. The highest BCUT2D eigenvalue weighted by Crippen LogP contribution is 2.45. The van der Waals surface area contributed by atoms with Crippen LogP contribution in [0.4, 0.5) is 40.8 Å². The van der Waals surface area contributed by atoms with Crippen molar-refractivity contribution in [3.05, 3.63) is 66.5 Å². The van der Waals surface area contributed by atoms with Gasteiger partial charge in [-0.3, -0.25) is 0 Å². The number of benzene rings is 2. The molecule has 0 aromatic heterocycles. The van der Waals surface area contributed by atoms with E-state index in [1.807, 2.05) is 0 Å². The zero-order valence-electron chi connectivity index (χ0n) is 20.1. The molecule has 0 amide bonds. The molecule has 0 saturated carbocycles. The summed E-state index contributed by atoms with van der Waals surface area (Å²) in [6.45, 7) is -1.43. The summed E-state index contributed by atoms with van der Waals surface area (Å²) in [6.07, 6.45) is -11.0. The average Bonchev–Trinajstić information content (AvgIpc) is 2.87. The molecule has 0 bridgehead atoms. The quantitative estimate of drug-likeness (QED) is 0.353. The molecule has 13 heteroatoms. The van der Waals surface area contributed by atoms with Gasteiger partial charge in [-0.2, -0.15) is 17.6 Å². The molecule has 2 aliphatic rings. The van der Waals surface area contributed by atoms with Crippen LogP contribution in [0.3, 0.4) is 0 Å². The van der Waals surface area contributed by atoms with Crippen molar-refractivity contribution in [2.24, 2.45) is 5.92 Å². The van der Waals surface area contributed by atoms with Crippen LogP contribution in [0.5, 0.6) is 11.5 Å². The van der Waals surface area contributed by atoms with E-state index in [9.17, 15) is 40.2 Å². The number of ether oxygens (including phenoxy) is 3. The molecule has 1 N–H and O–H groups in total. The number of aliphatic hydroxyl groups excluding tert-OH is 1. The van der Waals surface area contributed by atoms with Crippen LogP contribution in [0.15, 0.2) is 66.5 Å². The van der Waals surface area contributed by atoms with Crippen molar-refractivity contribution < 1.29 is 54.4 Å². The second-order valence-corrected chi connectivity index (χ2v) is 8.90. The Labute approximate surface area is 217 Å². The summed E-state index contributed by atoms with van der Waals surface area (Å²) in [6, 6.07) is 9.30. The van der Waals surface area contributed by atoms with Gasteiger partial charge in [0.1, 0.15) is 24.8 Å². The minimum absolute atomic E-state index is 0.102. The maximum Gasteiger partial charge on any atom is 0.573 e. The van der Waals surface area contributed by atoms with Crippen molar-refractivity contribution in [1.29, 1.82) is 0 Å². The third-order valence-electron chi connectivity index (χ3n) is 6.14. The Morgan fingerprint density at radius 1 is 1.05 bits per heavy atom. The Morgan fingerprint density at radius 2 is 1.79 bits per heavy atom. The number of allylic oxidation sites excluding steroid dienone is 2. The molecular weight excluding hydrogens is 542 g/mol. The highest BCUT2D eigenvalue weighted by atomic mass is 19.4. The Bertz CT molecular complexity index is 1220. The lowest BCUT2D eigenvalue weighted by molar-refractivity contribution is -0.280. The summed E-state index contributed by atoms with van der Waals surface area (Å²) >= 11 is 0. The zero-order valence-corrected chi connectivity index (χ0v) is 20.1. The Morgan fingerprint density at radius 3 is 2.49 bits per heavy atom. The van der Waals surface area contributed by atoms with Crippen molar-refractivity contribution in [3.63, 3.8) is 0 Å². The number of halogens is 8. The molecule has 1 unspecified atom stereocenters. The number of anilines is 1. The Balaban J connectivity index is 1.68. The number of β-amino-alcohol motifs (C(OH)–C–C–N with tert-alkyl or cyclic N) is 1. The number of aliphatic hydroxyl groups is 1. The lowest BCUT2D eigenvalue weighted by Gasteiger charge is -2.43. The van der Waals surface area contributed by atoms with Gasteiger partial charge in [0.25, 0.3) is 0 Å². The molecule has 0 radical (unpaired) electrons. The zero-order chi connectivity index (χ0) is 28.4. The maximum atomic E-state index is 13.5. The van der Waals surface area contributed by atoms with Crippen molar-refractivity contribution in [2.75, 3.05) is 24.7 Å². The molecule has 2 aromatic rings. The molecule has 0 saturated heterocycles. The van der Waals surface area contributed by atoms with Gasteiger partial charge in [0.15, 0.2) is 5.75 Å². The third-order valence-corrected chi connectivity index (χ3v) is 6.14. The predicted octanol–water partition coefficient (Wildman–Crippen LogP) is 6.48. The number of hydrogen-bond acceptors (Lipinski definition) is 5. The summed E-state index contributed by atoms with van der Waals surface area (Å²) in [5.41, 5.74) is 1.07. The molecule has 212 valence electrons. The van der Waals surface area contributed by atoms with Gasteiger partial charge >= 0.3 is 18.9 Å². The molecule has 5 nitrogen and oxygen atoms in total. The van der Waals surface area contributed by atoms with Crippen molar-refractivity contribution in [3.8, 4) is 22.6 Å². The van der Waals surface area contributed by atoms with Gasteiger partial charge in [-0.05, 0) is 42.3 Å². The summed E-state index contributed by atoms with van der Waals surface area (Å²) in [7, 11) is 0. The Hall–Kier alpha value is -3.48. The van der Waals surface area contributed by atoms with Crippen LogP contribution in [0.25, 0.3) is 11.1 Å². The number of hydrogen-bond donors (Lipinski definition) is 1. The van der Waals surface area contributed by atoms with Gasteiger partial charge in [-0.25, -0.2) is 4.39 Å². The van der Waals surface area contributed by atoms with Gasteiger partial charge in [0.05, 0.1) is 17.8 Å². The molecule has 0 spiro atoms. The molecule has 2 aromatic carbocycles. The smallest absolute Gasteiger partial charge is 0.489 e. The van der Waals surface area contributed by atoms with E-state index < -0.39 is 55.1 Å². The predicted molar refractivity (Wildman–Crippen MR) is 125 cm³/mol. The average molecular weight is 565 g/mol. The topological polar surface area (TPSA) is 51.2 Å². The van der Waals surface area contributed by atoms with Gasteiger partial charge in [0.2, 0.25) is 0 Å². The van der Waals surface area contributed by atoms with Gasteiger partial charge in [-0.1, -0.05) is 30.3 Å². The number of rotatable bonds is 9. The van der Waals surface area contributed by atoms with E-state index in [-0.39, 0.29) is 25.3 Å². The largest absolute Gasteiger partial charge is 0.573 e. The number of para-hydroxylation sites is 1. The highest BCUT2D eigenvalue weighted by Gasteiger charge is 2.45. The number of alkyl halides is 8. The lowest BCUT2D eigenvalue weighted by Crippen LogP contribution is -2.50. The molecule has 1 aliphatic heterocycles. The lowest BCUT2D eigenvalue weighted by atomic mass is 9.89. The first-order valence-corrected chi connectivity index (χ1v) is 11.7. The van der Waals surface area contributed by atoms with Crippen LogP contribution in [0.1, 0.15) is 6.42 Å². The molecule has 39 heavy (non-hydrogen) atoms. The van der Waals surface area contributed by atoms with Crippen molar-refractivity contribution in [1.82, 2.24) is 0 Å². The molecular formula is C26H23F8NO4.